The summed E-state index contributed by atoms with van der Waals surface area (Å²) < 4.78 is 5.75. The summed E-state index contributed by atoms with van der Waals surface area (Å²) >= 11 is 0. The number of likely N-dealkylation sites (tertiary alicyclic amines) is 2. The average molecular weight is 371 g/mol. The van der Waals surface area contributed by atoms with Crippen molar-refractivity contribution < 1.29 is 9.53 Å². The number of ether oxygens (including phenoxy) is 1. The fourth-order valence-corrected chi connectivity index (χ4v) is 4.34. The number of amides is 1. The molecule has 0 atom stereocenters. The number of rotatable bonds is 4. The molecule has 148 valence electrons. The molecule has 0 radical (unpaired) electrons. The molecule has 1 amide bonds. The van der Waals surface area contributed by atoms with E-state index in [1.807, 2.05) is 4.90 Å². The second-order valence-corrected chi connectivity index (χ2v) is 8.19. The van der Waals surface area contributed by atoms with Crippen molar-refractivity contribution in [2.45, 2.75) is 65.5 Å². The third-order valence-electron chi connectivity index (χ3n) is 6.02. The first kappa shape index (κ1) is 19.9. The van der Waals surface area contributed by atoms with Gasteiger partial charge in [0.1, 0.15) is 5.75 Å². The number of benzene rings is 1. The molecule has 0 aromatic heterocycles. The Morgan fingerprint density at radius 1 is 1.00 bits per heavy atom. The molecule has 2 aliphatic heterocycles. The number of nitrogens with zero attached hydrogens (tertiary/aromatic N) is 2. The Bertz CT molecular complexity index is 660. The lowest BCUT2D eigenvalue weighted by Gasteiger charge is -2.40. The maximum absolute atomic E-state index is 11.5. The lowest BCUT2D eigenvalue weighted by atomic mass is 9.92. The summed E-state index contributed by atoms with van der Waals surface area (Å²) in [4.78, 5) is 16.1. The van der Waals surface area contributed by atoms with Gasteiger partial charge in [0, 0.05) is 39.1 Å². The number of piperidine rings is 2. The Kier molecular flexibility index (Phi) is 6.59. The number of hydrogen-bond donors (Lipinski definition) is 0. The lowest BCUT2D eigenvalue weighted by Crippen LogP contribution is -2.48. The van der Waals surface area contributed by atoms with Crippen LogP contribution in [-0.4, -0.2) is 54.0 Å². The Morgan fingerprint density at radius 3 is 2.11 bits per heavy atom. The van der Waals surface area contributed by atoms with Gasteiger partial charge in [-0.25, -0.2) is 0 Å². The molecular weight excluding hydrogens is 336 g/mol. The van der Waals surface area contributed by atoms with Crippen LogP contribution in [0.2, 0.25) is 0 Å². The van der Waals surface area contributed by atoms with Gasteiger partial charge in [-0.2, -0.15) is 0 Å². The molecule has 0 unspecified atom stereocenters. The van der Waals surface area contributed by atoms with E-state index >= 15 is 0 Å². The van der Waals surface area contributed by atoms with E-state index in [0.29, 0.717) is 6.04 Å². The number of carbonyl (C=O) groups is 1. The molecule has 0 saturated carbocycles. The van der Waals surface area contributed by atoms with Crippen LogP contribution in [0.25, 0.3) is 5.57 Å². The highest BCUT2D eigenvalue weighted by Gasteiger charge is 2.27. The van der Waals surface area contributed by atoms with Crippen LogP contribution in [-0.2, 0) is 4.79 Å². The molecule has 2 aliphatic rings. The zero-order valence-electron chi connectivity index (χ0n) is 17.3. The van der Waals surface area contributed by atoms with Gasteiger partial charge in [0.2, 0.25) is 5.91 Å². The number of hydrogen-bond acceptors (Lipinski definition) is 3. The maximum atomic E-state index is 11.5. The van der Waals surface area contributed by atoms with Crippen LogP contribution < -0.4 is 4.74 Å². The molecule has 27 heavy (non-hydrogen) atoms. The summed E-state index contributed by atoms with van der Waals surface area (Å²) in [5, 5.41) is 0. The van der Waals surface area contributed by atoms with Gasteiger partial charge in [-0.3, -0.25) is 9.69 Å². The fourth-order valence-electron chi connectivity index (χ4n) is 4.34. The van der Waals surface area contributed by atoms with Crippen molar-refractivity contribution in [2.75, 3.05) is 26.2 Å². The second kappa shape index (κ2) is 8.92. The second-order valence-electron chi connectivity index (χ2n) is 8.19. The van der Waals surface area contributed by atoms with E-state index < -0.39 is 0 Å². The Balaban J connectivity index is 1.55. The monoisotopic (exact) mass is 370 g/mol. The largest absolute Gasteiger partial charge is 0.491 e. The SMILES string of the molecule is CC(=O)N1CCC(N2CCC(=C(C)c3ccc(OC(C)C)cc3)CC2)CC1. The number of carbonyl (C=O) groups excluding carboxylic acids is 1. The molecule has 0 aliphatic carbocycles. The fraction of sp³-hybridized carbons (Fsp3) is 0.609. The van der Waals surface area contributed by atoms with Gasteiger partial charge in [0.05, 0.1) is 6.10 Å². The summed E-state index contributed by atoms with van der Waals surface area (Å²) in [6.07, 6.45) is 4.76. The topological polar surface area (TPSA) is 32.8 Å². The van der Waals surface area contributed by atoms with E-state index in [2.05, 4.69) is 49.9 Å². The number of allylic oxidation sites excluding steroid dienone is 1. The van der Waals surface area contributed by atoms with E-state index in [1.54, 1.807) is 12.5 Å². The van der Waals surface area contributed by atoms with Gasteiger partial charge in [0.25, 0.3) is 0 Å². The van der Waals surface area contributed by atoms with Crippen molar-refractivity contribution in [3.63, 3.8) is 0 Å². The highest BCUT2D eigenvalue weighted by atomic mass is 16.5. The Labute approximate surface area is 164 Å². The van der Waals surface area contributed by atoms with Crippen LogP contribution in [0.4, 0.5) is 0 Å². The predicted octanol–water partition coefficient (Wildman–Crippen LogP) is 4.35. The van der Waals surface area contributed by atoms with Crippen LogP contribution in [0.15, 0.2) is 29.8 Å². The minimum Gasteiger partial charge on any atom is -0.491 e. The van der Waals surface area contributed by atoms with Crippen molar-refractivity contribution in [3.05, 3.63) is 35.4 Å². The molecule has 2 saturated heterocycles. The zero-order valence-corrected chi connectivity index (χ0v) is 17.3. The van der Waals surface area contributed by atoms with Crippen molar-refractivity contribution in [1.82, 2.24) is 9.80 Å². The van der Waals surface area contributed by atoms with E-state index in [0.717, 1.165) is 57.6 Å². The molecule has 0 bridgehead atoms. The summed E-state index contributed by atoms with van der Waals surface area (Å²) in [7, 11) is 0. The quantitative estimate of drug-likeness (QED) is 0.790. The van der Waals surface area contributed by atoms with Gasteiger partial charge in [-0.05, 0) is 69.7 Å². The van der Waals surface area contributed by atoms with Crippen molar-refractivity contribution in [2.24, 2.45) is 0 Å². The summed E-state index contributed by atoms with van der Waals surface area (Å²) in [5.41, 5.74) is 4.33. The van der Waals surface area contributed by atoms with Crippen LogP contribution in [0.3, 0.4) is 0 Å². The van der Waals surface area contributed by atoms with Crippen LogP contribution in [0.1, 0.15) is 58.9 Å². The van der Waals surface area contributed by atoms with Gasteiger partial charge in [0.15, 0.2) is 0 Å². The van der Waals surface area contributed by atoms with E-state index in [-0.39, 0.29) is 12.0 Å². The van der Waals surface area contributed by atoms with Crippen LogP contribution in [0.5, 0.6) is 5.75 Å². The molecule has 0 spiro atoms. The minimum atomic E-state index is 0.210. The maximum Gasteiger partial charge on any atom is 0.219 e. The highest BCUT2D eigenvalue weighted by Crippen LogP contribution is 2.30. The minimum absolute atomic E-state index is 0.210. The standard InChI is InChI=1S/C23H34N2O2/c1-17(2)27-23-7-5-20(6-8-23)18(3)21-9-13-25(14-10-21)22-11-15-24(16-12-22)19(4)26/h5-8,17,22H,9-16H2,1-4H3. The first-order valence-electron chi connectivity index (χ1n) is 10.4. The lowest BCUT2D eigenvalue weighted by molar-refractivity contribution is -0.130. The van der Waals surface area contributed by atoms with E-state index in [1.165, 1.54) is 11.1 Å². The molecular formula is C23H34N2O2. The van der Waals surface area contributed by atoms with E-state index in [4.69, 9.17) is 4.74 Å². The first-order chi connectivity index (χ1) is 12.9. The van der Waals surface area contributed by atoms with Crippen molar-refractivity contribution in [3.8, 4) is 5.75 Å². The molecule has 3 rings (SSSR count). The third kappa shape index (κ3) is 5.13. The molecule has 2 heterocycles. The molecule has 1 aromatic rings. The van der Waals surface area contributed by atoms with Crippen molar-refractivity contribution in [1.29, 1.82) is 0 Å². The Hall–Kier alpha value is -1.81. The highest BCUT2D eigenvalue weighted by molar-refractivity contribution is 5.73. The van der Waals surface area contributed by atoms with Gasteiger partial charge in [-0.1, -0.05) is 17.7 Å². The predicted molar refractivity (Wildman–Crippen MR) is 111 cm³/mol. The average Bonchev–Trinajstić information content (AvgIpc) is 2.68. The van der Waals surface area contributed by atoms with Gasteiger partial charge < -0.3 is 9.64 Å². The van der Waals surface area contributed by atoms with Crippen LogP contribution in [0, 0.1) is 0 Å². The molecule has 2 fully saturated rings. The third-order valence-corrected chi connectivity index (χ3v) is 6.02. The van der Waals surface area contributed by atoms with Crippen LogP contribution >= 0.6 is 0 Å². The Morgan fingerprint density at radius 2 is 1.59 bits per heavy atom. The summed E-state index contributed by atoms with van der Waals surface area (Å²) in [6.45, 7) is 12.2. The first-order valence-corrected chi connectivity index (χ1v) is 10.4. The van der Waals surface area contributed by atoms with Gasteiger partial charge >= 0.3 is 0 Å². The molecule has 1 aromatic carbocycles. The normalized spacial score (nSPS) is 19.4. The molecule has 4 heteroatoms. The molecule has 4 nitrogen and oxygen atoms in total. The molecule has 0 N–H and O–H groups in total. The smallest absolute Gasteiger partial charge is 0.219 e. The summed E-state index contributed by atoms with van der Waals surface area (Å²) in [5.74, 6) is 1.16. The zero-order chi connectivity index (χ0) is 19.4. The van der Waals surface area contributed by atoms with Crippen molar-refractivity contribution >= 4 is 11.5 Å². The van der Waals surface area contributed by atoms with Gasteiger partial charge in [-0.15, -0.1) is 0 Å². The summed E-state index contributed by atoms with van der Waals surface area (Å²) in [6, 6.07) is 9.18. The van der Waals surface area contributed by atoms with E-state index in [9.17, 15) is 4.79 Å².